The minimum absolute atomic E-state index is 0.475. The van der Waals surface area contributed by atoms with Crippen LogP contribution in [0.2, 0.25) is 0 Å². The second-order valence-corrected chi connectivity index (χ2v) is 16.0. The molecule has 10 aromatic carbocycles. The van der Waals surface area contributed by atoms with Crippen LogP contribution in [0.1, 0.15) is 22.3 Å². The van der Waals surface area contributed by atoms with Crippen molar-refractivity contribution in [3.63, 3.8) is 0 Å². The molecular formula is C59H38N2. The molecule has 1 heterocycles. The van der Waals surface area contributed by atoms with E-state index in [4.69, 9.17) is 9.97 Å². The average Bonchev–Trinajstić information content (AvgIpc) is 3.65. The summed E-state index contributed by atoms with van der Waals surface area (Å²) in [6.45, 7) is 0. The van der Waals surface area contributed by atoms with Gasteiger partial charge in [0, 0.05) is 16.7 Å². The van der Waals surface area contributed by atoms with Crippen LogP contribution in [0.4, 0.5) is 0 Å². The predicted molar refractivity (Wildman–Crippen MR) is 254 cm³/mol. The number of benzene rings is 10. The number of aromatic nitrogens is 2. The van der Waals surface area contributed by atoms with Crippen LogP contribution in [0.25, 0.3) is 88.5 Å². The molecule has 0 aliphatic heterocycles. The lowest BCUT2D eigenvalue weighted by Crippen LogP contribution is -2.28. The third kappa shape index (κ3) is 5.43. The highest BCUT2D eigenvalue weighted by atomic mass is 14.9. The summed E-state index contributed by atoms with van der Waals surface area (Å²) in [5, 5.41) is 6.97. The van der Waals surface area contributed by atoms with Gasteiger partial charge >= 0.3 is 0 Å². The first-order chi connectivity index (χ1) is 30.3. The minimum atomic E-state index is -0.475. The first-order valence-corrected chi connectivity index (χ1v) is 21.0. The number of rotatable bonds is 6. The van der Waals surface area contributed by atoms with Gasteiger partial charge in [-0.2, -0.15) is 0 Å². The fourth-order valence-electron chi connectivity index (χ4n) is 10.2. The number of fused-ring (bicyclic) bond motifs is 6. The molecule has 2 nitrogen and oxygen atoms in total. The molecule has 12 rings (SSSR count). The molecule has 0 unspecified atom stereocenters. The number of hydrogen-bond acceptors (Lipinski definition) is 2. The summed E-state index contributed by atoms with van der Waals surface area (Å²) in [6, 6.07) is 83.5. The average molecular weight is 775 g/mol. The molecule has 0 saturated carbocycles. The Morgan fingerprint density at radius 2 is 0.705 bits per heavy atom. The molecule has 0 fully saturated rings. The molecule has 0 atom stereocenters. The fourth-order valence-corrected chi connectivity index (χ4v) is 10.2. The Morgan fingerprint density at radius 3 is 1.38 bits per heavy atom. The monoisotopic (exact) mass is 774 g/mol. The van der Waals surface area contributed by atoms with Gasteiger partial charge in [0.05, 0.1) is 16.8 Å². The lowest BCUT2D eigenvalue weighted by molar-refractivity contribution is 0.768. The molecule has 11 aromatic rings. The Kier molecular flexibility index (Phi) is 8.11. The molecule has 0 radical (unpaired) electrons. The Hall–Kier alpha value is -7.94. The Morgan fingerprint density at radius 1 is 0.279 bits per heavy atom. The summed E-state index contributed by atoms with van der Waals surface area (Å²) in [5.41, 5.74) is 14.6. The highest BCUT2D eigenvalue weighted by Crippen LogP contribution is 2.58. The van der Waals surface area contributed by atoms with E-state index in [1.54, 1.807) is 0 Å². The highest BCUT2D eigenvalue weighted by Gasteiger charge is 2.46. The zero-order chi connectivity index (χ0) is 40.3. The van der Waals surface area contributed by atoms with Gasteiger partial charge in [0.25, 0.3) is 0 Å². The maximum atomic E-state index is 5.44. The SMILES string of the molecule is c1ccc(C2(c3ccccc3)c3ccccc3-c3c(-c4ccc(-c5cc(-c6cccc7ccccc67)nc(-c6cccc7ccccc67)n5)c5ccccc45)cccc32)cc1. The topological polar surface area (TPSA) is 25.8 Å². The normalized spacial score (nSPS) is 12.7. The number of hydrogen-bond donors (Lipinski definition) is 0. The lowest BCUT2D eigenvalue weighted by Gasteiger charge is -2.34. The third-order valence-corrected chi connectivity index (χ3v) is 12.8. The predicted octanol–water partition coefficient (Wildman–Crippen LogP) is 15.0. The molecule has 284 valence electrons. The summed E-state index contributed by atoms with van der Waals surface area (Å²) in [5.74, 6) is 0.709. The van der Waals surface area contributed by atoms with E-state index in [1.165, 1.54) is 60.7 Å². The molecule has 0 amide bonds. The van der Waals surface area contributed by atoms with E-state index in [0.29, 0.717) is 5.82 Å². The zero-order valence-electron chi connectivity index (χ0n) is 33.3. The van der Waals surface area contributed by atoms with Crippen LogP contribution in [-0.2, 0) is 5.41 Å². The molecule has 0 N–H and O–H groups in total. The highest BCUT2D eigenvalue weighted by molar-refractivity contribution is 6.09. The van der Waals surface area contributed by atoms with E-state index in [0.717, 1.165) is 44.2 Å². The van der Waals surface area contributed by atoms with Crippen LogP contribution in [0.5, 0.6) is 0 Å². The standard InChI is InChI=1S/C59H38N2/c1-3-22-41(23-4-1)59(42-24-5-2-6-25-42)53-34-14-13-30-52(53)57-50(32-17-35-54(57)59)47-36-37-49(46-29-12-11-28-45(46)47)56-38-55(48-31-15-20-39-18-7-9-26-43(39)48)60-58(61-56)51-33-16-21-40-19-8-10-27-44(40)51/h1-38H. The van der Waals surface area contributed by atoms with Gasteiger partial charge < -0.3 is 0 Å². The summed E-state index contributed by atoms with van der Waals surface area (Å²) >= 11 is 0. The molecule has 1 aliphatic rings. The lowest BCUT2D eigenvalue weighted by atomic mass is 9.67. The second kappa shape index (κ2) is 14.1. The summed E-state index contributed by atoms with van der Waals surface area (Å²) < 4.78 is 0. The van der Waals surface area contributed by atoms with Crippen molar-refractivity contribution < 1.29 is 0 Å². The quantitative estimate of drug-likeness (QED) is 0.168. The van der Waals surface area contributed by atoms with Crippen LogP contribution >= 0.6 is 0 Å². The van der Waals surface area contributed by atoms with Crippen LogP contribution in [0, 0.1) is 0 Å². The van der Waals surface area contributed by atoms with E-state index in [9.17, 15) is 0 Å². The maximum Gasteiger partial charge on any atom is 0.161 e. The molecule has 1 aromatic heterocycles. The Labute approximate surface area is 355 Å². The first-order valence-electron chi connectivity index (χ1n) is 21.0. The van der Waals surface area contributed by atoms with Crippen molar-refractivity contribution in [1.82, 2.24) is 9.97 Å². The largest absolute Gasteiger partial charge is 0.228 e. The van der Waals surface area contributed by atoms with Crippen molar-refractivity contribution in [1.29, 1.82) is 0 Å². The van der Waals surface area contributed by atoms with Gasteiger partial charge in [-0.1, -0.05) is 224 Å². The fraction of sp³-hybridized carbons (Fsp3) is 0.0169. The van der Waals surface area contributed by atoms with E-state index < -0.39 is 5.41 Å². The summed E-state index contributed by atoms with van der Waals surface area (Å²) in [7, 11) is 0. The second-order valence-electron chi connectivity index (χ2n) is 16.0. The molecule has 1 aliphatic carbocycles. The van der Waals surface area contributed by atoms with E-state index >= 15 is 0 Å². The zero-order valence-corrected chi connectivity index (χ0v) is 33.3. The van der Waals surface area contributed by atoms with Gasteiger partial charge in [-0.3, -0.25) is 0 Å². The van der Waals surface area contributed by atoms with Gasteiger partial charge in [0.1, 0.15) is 0 Å². The number of nitrogens with zero attached hydrogens (tertiary/aromatic N) is 2. The van der Waals surface area contributed by atoms with E-state index in [2.05, 4.69) is 231 Å². The molecular weight excluding hydrogens is 737 g/mol. The summed E-state index contributed by atoms with van der Waals surface area (Å²) in [6.07, 6.45) is 0. The molecule has 0 saturated heterocycles. The van der Waals surface area contributed by atoms with Gasteiger partial charge in [0.2, 0.25) is 0 Å². The maximum absolute atomic E-state index is 5.44. The van der Waals surface area contributed by atoms with Crippen LogP contribution < -0.4 is 0 Å². The van der Waals surface area contributed by atoms with E-state index in [-0.39, 0.29) is 0 Å². The Balaban J connectivity index is 1.10. The molecule has 0 bridgehead atoms. The van der Waals surface area contributed by atoms with Crippen LogP contribution in [0.3, 0.4) is 0 Å². The van der Waals surface area contributed by atoms with Crippen LogP contribution in [0.15, 0.2) is 231 Å². The summed E-state index contributed by atoms with van der Waals surface area (Å²) in [4.78, 5) is 10.8. The van der Waals surface area contributed by atoms with Gasteiger partial charge in [-0.25, -0.2) is 9.97 Å². The molecule has 61 heavy (non-hydrogen) atoms. The van der Waals surface area contributed by atoms with Crippen molar-refractivity contribution in [2.75, 3.05) is 0 Å². The van der Waals surface area contributed by atoms with Crippen LogP contribution in [-0.4, -0.2) is 9.97 Å². The van der Waals surface area contributed by atoms with Crippen molar-refractivity contribution in [2.45, 2.75) is 5.41 Å². The van der Waals surface area contributed by atoms with Crippen molar-refractivity contribution >= 4 is 32.3 Å². The van der Waals surface area contributed by atoms with Crippen molar-refractivity contribution in [3.05, 3.63) is 253 Å². The molecule has 0 spiro atoms. The van der Waals surface area contributed by atoms with E-state index in [1.807, 2.05) is 0 Å². The van der Waals surface area contributed by atoms with Gasteiger partial charge in [-0.15, -0.1) is 0 Å². The smallest absolute Gasteiger partial charge is 0.161 e. The van der Waals surface area contributed by atoms with Gasteiger partial charge in [0.15, 0.2) is 5.82 Å². The third-order valence-electron chi connectivity index (χ3n) is 12.8. The first kappa shape index (κ1) is 35.0. The van der Waals surface area contributed by atoms with Gasteiger partial charge in [-0.05, 0) is 82.9 Å². The van der Waals surface area contributed by atoms with Crippen molar-refractivity contribution in [3.8, 4) is 56.2 Å². The minimum Gasteiger partial charge on any atom is -0.228 e. The van der Waals surface area contributed by atoms with Crippen molar-refractivity contribution in [2.24, 2.45) is 0 Å². The molecule has 2 heteroatoms. The Bertz CT molecular complexity index is 3330.